The molecule has 0 atom stereocenters. The van der Waals surface area contributed by atoms with E-state index >= 15 is 0 Å². The molecule has 0 saturated heterocycles. The van der Waals surface area contributed by atoms with Crippen molar-refractivity contribution in [2.75, 3.05) is 0 Å². The predicted octanol–water partition coefficient (Wildman–Crippen LogP) is 13.1. The molecule has 1 aliphatic rings. The van der Waals surface area contributed by atoms with E-state index in [4.69, 9.17) is 9.97 Å². The van der Waals surface area contributed by atoms with Gasteiger partial charge < -0.3 is 4.57 Å². The molecule has 7 heteroatoms. The Kier molecular flexibility index (Phi) is 5.92. The Labute approximate surface area is 322 Å². The Bertz CT molecular complexity index is 3590. The smallest absolute Gasteiger partial charge is 0.237 e. The summed E-state index contributed by atoms with van der Waals surface area (Å²) in [7, 11) is 0. The van der Waals surface area contributed by atoms with Crippen molar-refractivity contribution in [1.82, 2.24) is 23.7 Å². The minimum atomic E-state index is 0.664. The van der Waals surface area contributed by atoms with Crippen molar-refractivity contribution in [3.63, 3.8) is 0 Å². The first kappa shape index (κ1) is 29.7. The van der Waals surface area contributed by atoms with Crippen molar-refractivity contribution in [2.24, 2.45) is 0 Å². The van der Waals surface area contributed by atoms with Crippen molar-refractivity contribution >= 4 is 98.0 Å². The van der Waals surface area contributed by atoms with Gasteiger partial charge in [-0.15, -0.1) is 11.3 Å². The molecule has 0 aliphatic carbocycles. The van der Waals surface area contributed by atoms with E-state index in [1.54, 1.807) is 11.3 Å². The summed E-state index contributed by atoms with van der Waals surface area (Å²) in [6, 6.07) is 59.0. The van der Waals surface area contributed by atoms with Crippen LogP contribution in [0.4, 0.5) is 0 Å². The van der Waals surface area contributed by atoms with Crippen LogP contribution in [0.5, 0.6) is 0 Å². The van der Waals surface area contributed by atoms with Crippen molar-refractivity contribution in [3.05, 3.63) is 164 Å². The molecule has 0 amide bonds. The highest BCUT2D eigenvalue weighted by atomic mass is 32.2. The fraction of sp³-hybridized carbons (Fsp3) is 0. The minimum Gasteiger partial charge on any atom is -0.309 e. The molecule has 5 nitrogen and oxygen atoms in total. The Morgan fingerprint density at radius 1 is 0.473 bits per heavy atom. The molecule has 13 rings (SSSR count). The third-order valence-electron chi connectivity index (χ3n) is 11.2. The summed E-state index contributed by atoms with van der Waals surface area (Å²) in [5.41, 5.74) is 11.0. The molecule has 1 aliphatic heterocycles. The van der Waals surface area contributed by atoms with Crippen LogP contribution in [0.3, 0.4) is 0 Å². The first-order valence-electron chi connectivity index (χ1n) is 18.4. The highest BCUT2D eigenvalue weighted by molar-refractivity contribution is 7.99. The molecular weight excluding hydrogens is 711 g/mol. The quantitative estimate of drug-likeness (QED) is 0.181. The number of benzene rings is 7. The summed E-state index contributed by atoms with van der Waals surface area (Å²) in [4.78, 5) is 13.7. The molecule has 7 aromatic carbocycles. The Morgan fingerprint density at radius 2 is 1.16 bits per heavy atom. The van der Waals surface area contributed by atoms with Gasteiger partial charge in [-0.25, -0.2) is 9.97 Å². The van der Waals surface area contributed by atoms with Gasteiger partial charge in [-0.05, 0) is 54.6 Å². The minimum absolute atomic E-state index is 0.664. The highest BCUT2D eigenvalue weighted by Gasteiger charge is 2.29. The first-order chi connectivity index (χ1) is 27.3. The van der Waals surface area contributed by atoms with E-state index in [2.05, 4.69) is 177 Å². The number of hydrogen-bond acceptors (Lipinski definition) is 4. The number of rotatable bonds is 3. The lowest BCUT2D eigenvalue weighted by Crippen LogP contribution is -2.08. The zero-order valence-electron chi connectivity index (χ0n) is 29.1. The molecule has 0 radical (unpaired) electrons. The van der Waals surface area contributed by atoms with Gasteiger partial charge >= 0.3 is 0 Å². The van der Waals surface area contributed by atoms with Gasteiger partial charge in [0.1, 0.15) is 5.65 Å². The van der Waals surface area contributed by atoms with E-state index in [1.165, 1.54) is 58.1 Å². The van der Waals surface area contributed by atoms with Crippen molar-refractivity contribution in [3.8, 4) is 28.6 Å². The van der Waals surface area contributed by atoms with Gasteiger partial charge in [-0.3, -0.25) is 9.13 Å². The number of nitrogens with zero attached hydrogens (tertiary/aromatic N) is 5. The van der Waals surface area contributed by atoms with E-state index in [-0.39, 0.29) is 0 Å². The Morgan fingerprint density at radius 3 is 2.05 bits per heavy atom. The largest absolute Gasteiger partial charge is 0.309 e. The number of thiophene rings is 1. The third kappa shape index (κ3) is 3.98. The van der Waals surface area contributed by atoms with Crippen LogP contribution < -0.4 is 0 Å². The number of para-hydroxylation sites is 5. The van der Waals surface area contributed by atoms with Crippen LogP contribution in [-0.2, 0) is 0 Å². The summed E-state index contributed by atoms with van der Waals surface area (Å²) < 4.78 is 9.44. The summed E-state index contributed by atoms with van der Waals surface area (Å²) >= 11 is 3.62. The lowest BCUT2D eigenvalue weighted by molar-refractivity contribution is 0.965. The summed E-state index contributed by atoms with van der Waals surface area (Å²) in [6.45, 7) is 0. The standard InChI is InChI=1S/C48H27N5S2/c1-2-13-29(14-3-1)51-35-19-7-4-15-30(35)31-26-25-28(27-38(31)51)43-46-44(33-17-6-10-22-39(33)55-46)50-48(49-43)53-36-20-8-5-16-32(36)42-34-18-12-24-41-45(34)52(47(42)53)37-21-9-11-23-40(37)54-41/h1-27H. The van der Waals surface area contributed by atoms with Crippen molar-refractivity contribution in [2.45, 2.75) is 9.79 Å². The normalized spacial score (nSPS) is 12.7. The van der Waals surface area contributed by atoms with Crippen molar-refractivity contribution in [1.29, 1.82) is 0 Å². The van der Waals surface area contributed by atoms with Crippen LogP contribution in [0.15, 0.2) is 174 Å². The molecule has 0 spiro atoms. The molecular formula is C48H27N5S2. The third-order valence-corrected chi connectivity index (χ3v) is 13.5. The maximum Gasteiger partial charge on any atom is 0.237 e. The second-order valence-corrected chi connectivity index (χ2v) is 16.3. The van der Waals surface area contributed by atoms with Gasteiger partial charge in [0.15, 0.2) is 0 Å². The maximum absolute atomic E-state index is 5.65. The molecule has 0 unspecified atom stereocenters. The number of fused-ring (bicyclic) bond motifs is 13. The van der Waals surface area contributed by atoms with Crippen LogP contribution in [-0.4, -0.2) is 23.7 Å². The number of hydrogen-bond donors (Lipinski definition) is 0. The summed E-state index contributed by atoms with van der Waals surface area (Å²) in [5.74, 6) is 0.664. The second kappa shape index (κ2) is 10.9. The van der Waals surface area contributed by atoms with Crippen LogP contribution in [0.25, 0.3) is 104 Å². The van der Waals surface area contributed by atoms with Crippen LogP contribution in [0.1, 0.15) is 0 Å². The fourth-order valence-corrected chi connectivity index (χ4v) is 11.2. The van der Waals surface area contributed by atoms with Crippen LogP contribution in [0.2, 0.25) is 0 Å². The molecule has 0 saturated carbocycles. The van der Waals surface area contributed by atoms with Crippen LogP contribution in [0, 0.1) is 0 Å². The van der Waals surface area contributed by atoms with E-state index in [1.807, 2.05) is 11.8 Å². The molecule has 55 heavy (non-hydrogen) atoms. The molecule has 0 N–H and O–H groups in total. The molecule has 256 valence electrons. The SMILES string of the molecule is c1ccc(-n2c3ccccc3c3ccc(-c4nc(-n5c6ccccc6c6c7cccc8c7n(c65)-c5ccccc5S8)nc5c4sc4ccccc45)cc32)cc1. The molecule has 12 aromatic rings. The van der Waals surface area contributed by atoms with E-state index in [9.17, 15) is 0 Å². The monoisotopic (exact) mass is 737 g/mol. The van der Waals surface area contributed by atoms with E-state index in [0.717, 1.165) is 49.2 Å². The lowest BCUT2D eigenvalue weighted by Gasteiger charge is -2.20. The van der Waals surface area contributed by atoms with Gasteiger partial charge in [0, 0.05) is 58.1 Å². The van der Waals surface area contributed by atoms with Crippen LogP contribution >= 0.6 is 23.1 Å². The van der Waals surface area contributed by atoms with Gasteiger partial charge in [0.05, 0.1) is 43.7 Å². The predicted molar refractivity (Wildman–Crippen MR) is 230 cm³/mol. The van der Waals surface area contributed by atoms with Gasteiger partial charge in [0.2, 0.25) is 5.95 Å². The van der Waals surface area contributed by atoms with Crippen molar-refractivity contribution < 1.29 is 0 Å². The maximum atomic E-state index is 5.65. The van der Waals surface area contributed by atoms with Gasteiger partial charge in [-0.1, -0.05) is 121 Å². The fourth-order valence-electron chi connectivity index (χ4n) is 8.98. The first-order valence-corrected chi connectivity index (χ1v) is 20.1. The average Bonchev–Trinajstić information content (AvgIpc) is 3.98. The highest BCUT2D eigenvalue weighted by Crippen LogP contribution is 2.50. The number of aromatic nitrogens is 5. The molecule has 6 heterocycles. The summed E-state index contributed by atoms with van der Waals surface area (Å²) in [5, 5.41) is 7.25. The average molecular weight is 738 g/mol. The molecule has 5 aromatic heterocycles. The Hall–Kier alpha value is -6.67. The van der Waals surface area contributed by atoms with E-state index < -0.39 is 0 Å². The lowest BCUT2D eigenvalue weighted by atomic mass is 10.1. The zero-order chi connectivity index (χ0) is 35.8. The van der Waals surface area contributed by atoms with Gasteiger partial charge in [-0.2, -0.15) is 0 Å². The van der Waals surface area contributed by atoms with Gasteiger partial charge in [0.25, 0.3) is 0 Å². The second-order valence-electron chi connectivity index (χ2n) is 14.2. The summed E-state index contributed by atoms with van der Waals surface area (Å²) in [6.07, 6.45) is 0. The molecule has 0 fully saturated rings. The topological polar surface area (TPSA) is 40.6 Å². The van der Waals surface area contributed by atoms with E-state index in [0.29, 0.717) is 5.95 Å². The Balaban J connectivity index is 1.18. The molecule has 0 bridgehead atoms. The zero-order valence-corrected chi connectivity index (χ0v) is 30.8.